The van der Waals surface area contributed by atoms with E-state index in [1.165, 1.54) is 7.11 Å². The molecule has 6 nitrogen and oxygen atoms in total. The van der Waals surface area contributed by atoms with Crippen LogP contribution in [0.5, 0.6) is 11.6 Å². The van der Waals surface area contributed by atoms with E-state index in [-0.39, 0.29) is 29.0 Å². The topological polar surface area (TPSA) is 70.5 Å². The zero-order valence-corrected chi connectivity index (χ0v) is 15.0. The van der Waals surface area contributed by atoms with Crippen molar-refractivity contribution in [1.82, 2.24) is 9.97 Å². The normalized spacial score (nSPS) is 13.4. The third-order valence-electron chi connectivity index (χ3n) is 3.75. The fourth-order valence-electron chi connectivity index (χ4n) is 2.35. The minimum Gasteiger partial charge on any atom is -0.497 e. The van der Waals surface area contributed by atoms with Crippen molar-refractivity contribution in [2.45, 2.75) is 32.8 Å². The highest BCUT2D eigenvalue weighted by molar-refractivity contribution is 6.31. The van der Waals surface area contributed by atoms with Gasteiger partial charge in [-0.15, -0.1) is 0 Å². The minimum absolute atomic E-state index is 0.192. The van der Waals surface area contributed by atoms with Gasteiger partial charge in [0.05, 0.1) is 31.2 Å². The van der Waals surface area contributed by atoms with Crippen LogP contribution in [0.2, 0.25) is 5.15 Å². The molecule has 1 aromatic carbocycles. The van der Waals surface area contributed by atoms with Crippen LogP contribution in [0.25, 0.3) is 11.0 Å². The van der Waals surface area contributed by atoms with Crippen molar-refractivity contribution < 1.29 is 19.0 Å². The number of methoxy groups -OCH3 is 2. The molecule has 130 valence electrons. The number of hydrogen-bond donors (Lipinski definition) is 0. The lowest BCUT2D eigenvalue weighted by molar-refractivity contribution is -0.145. The second-order valence-corrected chi connectivity index (χ2v) is 5.84. The Labute approximate surface area is 146 Å². The Morgan fingerprint density at radius 3 is 2.62 bits per heavy atom. The number of rotatable bonds is 7. The van der Waals surface area contributed by atoms with Crippen LogP contribution in [0.4, 0.5) is 0 Å². The lowest BCUT2D eigenvalue weighted by Gasteiger charge is -2.20. The van der Waals surface area contributed by atoms with Crippen molar-refractivity contribution in [2.24, 2.45) is 5.92 Å². The fourth-order valence-corrected chi connectivity index (χ4v) is 2.52. The monoisotopic (exact) mass is 352 g/mol. The average molecular weight is 353 g/mol. The first-order valence-electron chi connectivity index (χ1n) is 7.74. The zero-order chi connectivity index (χ0) is 17.7. The van der Waals surface area contributed by atoms with Crippen molar-refractivity contribution >= 4 is 28.6 Å². The van der Waals surface area contributed by atoms with Crippen molar-refractivity contribution in [2.75, 3.05) is 14.2 Å². The quantitative estimate of drug-likeness (QED) is 0.708. The van der Waals surface area contributed by atoms with Gasteiger partial charge in [-0.1, -0.05) is 25.4 Å². The first-order valence-corrected chi connectivity index (χ1v) is 8.12. The Morgan fingerprint density at radius 1 is 1.25 bits per heavy atom. The Hall–Kier alpha value is -2.08. The second kappa shape index (κ2) is 8.15. The molecule has 0 radical (unpaired) electrons. The van der Waals surface area contributed by atoms with Crippen LogP contribution in [0.3, 0.4) is 0 Å². The number of fused-ring (bicyclic) bond motifs is 1. The predicted octanol–water partition coefficient (Wildman–Crippen LogP) is 3.65. The number of benzene rings is 1. The van der Waals surface area contributed by atoms with E-state index in [1.807, 2.05) is 6.92 Å². The minimum atomic E-state index is -0.271. The maximum Gasteiger partial charge on any atom is 0.308 e. The summed E-state index contributed by atoms with van der Waals surface area (Å²) >= 11 is 6.18. The Balaban J connectivity index is 2.23. The third-order valence-corrected chi connectivity index (χ3v) is 4.00. The maximum atomic E-state index is 11.6. The first-order chi connectivity index (χ1) is 11.5. The van der Waals surface area contributed by atoms with Crippen LogP contribution in [-0.2, 0) is 9.53 Å². The standard InChI is InChI=1S/C17H21ClN2O4/c1-5-11(8-10(2)17(21)23-4)24-16-15(18)19-13-7-6-12(22-3)9-14(13)20-16/h6-7,9-11H,5,8H2,1-4H3/t10-,11-/m0/s1. The van der Waals surface area contributed by atoms with Gasteiger partial charge in [0.2, 0.25) is 0 Å². The molecule has 0 aliphatic heterocycles. The highest BCUT2D eigenvalue weighted by Gasteiger charge is 2.21. The van der Waals surface area contributed by atoms with Gasteiger partial charge in [-0.25, -0.2) is 9.97 Å². The number of ether oxygens (including phenoxy) is 3. The van der Waals surface area contributed by atoms with Crippen molar-refractivity contribution in [3.63, 3.8) is 0 Å². The molecular formula is C17H21ClN2O4. The molecule has 0 spiro atoms. The van der Waals surface area contributed by atoms with Crippen LogP contribution in [0.15, 0.2) is 18.2 Å². The van der Waals surface area contributed by atoms with Gasteiger partial charge in [0.1, 0.15) is 11.9 Å². The molecule has 2 aromatic rings. The van der Waals surface area contributed by atoms with E-state index in [0.29, 0.717) is 29.6 Å². The van der Waals surface area contributed by atoms with Gasteiger partial charge < -0.3 is 14.2 Å². The van der Waals surface area contributed by atoms with Crippen LogP contribution < -0.4 is 9.47 Å². The zero-order valence-electron chi connectivity index (χ0n) is 14.2. The van der Waals surface area contributed by atoms with Crippen LogP contribution in [-0.4, -0.2) is 36.3 Å². The number of halogens is 1. The summed E-state index contributed by atoms with van der Waals surface area (Å²) in [4.78, 5) is 20.3. The van der Waals surface area contributed by atoms with Gasteiger partial charge in [-0.3, -0.25) is 4.79 Å². The van der Waals surface area contributed by atoms with E-state index < -0.39 is 0 Å². The molecule has 1 heterocycles. The number of hydrogen-bond acceptors (Lipinski definition) is 6. The van der Waals surface area contributed by atoms with Gasteiger partial charge >= 0.3 is 5.97 Å². The SMILES string of the molecule is CC[C@@H](C[C@H](C)C(=O)OC)Oc1nc2cc(OC)ccc2nc1Cl. The Morgan fingerprint density at radius 2 is 2.00 bits per heavy atom. The Bertz CT molecular complexity index is 723. The molecule has 0 saturated heterocycles. The molecule has 0 fully saturated rings. The Kier molecular flexibility index (Phi) is 6.20. The van der Waals surface area contributed by atoms with E-state index in [9.17, 15) is 4.79 Å². The molecular weight excluding hydrogens is 332 g/mol. The molecule has 0 saturated carbocycles. The first kappa shape index (κ1) is 18.3. The predicted molar refractivity (Wildman–Crippen MR) is 91.6 cm³/mol. The highest BCUT2D eigenvalue weighted by atomic mass is 35.5. The van der Waals surface area contributed by atoms with Crippen LogP contribution >= 0.6 is 11.6 Å². The van der Waals surface area contributed by atoms with Gasteiger partial charge in [-0.2, -0.15) is 0 Å². The highest BCUT2D eigenvalue weighted by Crippen LogP contribution is 2.28. The second-order valence-electron chi connectivity index (χ2n) is 5.48. The lowest BCUT2D eigenvalue weighted by Crippen LogP contribution is -2.24. The van der Waals surface area contributed by atoms with Crippen molar-refractivity contribution in [3.05, 3.63) is 23.4 Å². The maximum absolute atomic E-state index is 11.6. The fraction of sp³-hybridized carbons (Fsp3) is 0.471. The molecule has 2 atom stereocenters. The summed E-state index contributed by atoms with van der Waals surface area (Å²) in [5.74, 6) is 0.391. The molecule has 0 amide bonds. The molecule has 0 N–H and O–H groups in total. The largest absolute Gasteiger partial charge is 0.497 e. The number of nitrogens with zero attached hydrogens (tertiary/aromatic N) is 2. The summed E-state index contributed by atoms with van der Waals surface area (Å²) in [7, 11) is 2.96. The summed E-state index contributed by atoms with van der Waals surface area (Å²) in [6.45, 7) is 3.77. The smallest absolute Gasteiger partial charge is 0.308 e. The summed E-state index contributed by atoms with van der Waals surface area (Å²) < 4.78 is 15.8. The number of carbonyl (C=O) groups is 1. The number of aromatic nitrogens is 2. The average Bonchev–Trinajstić information content (AvgIpc) is 2.60. The van der Waals surface area contributed by atoms with E-state index in [0.717, 1.165) is 0 Å². The molecule has 0 aliphatic carbocycles. The summed E-state index contributed by atoms with van der Waals surface area (Å²) in [6.07, 6.45) is 1.00. The summed E-state index contributed by atoms with van der Waals surface area (Å²) in [5, 5.41) is 0.192. The molecule has 7 heteroatoms. The van der Waals surface area contributed by atoms with Crippen LogP contribution in [0.1, 0.15) is 26.7 Å². The lowest BCUT2D eigenvalue weighted by atomic mass is 10.0. The molecule has 2 rings (SSSR count). The van der Waals surface area contributed by atoms with E-state index in [2.05, 4.69) is 9.97 Å². The molecule has 1 aromatic heterocycles. The molecule has 0 bridgehead atoms. The van der Waals surface area contributed by atoms with Gasteiger partial charge in [0, 0.05) is 6.07 Å². The van der Waals surface area contributed by atoms with Gasteiger partial charge in [0.15, 0.2) is 5.15 Å². The van der Waals surface area contributed by atoms with Crippen molar-refractivity contribution in [1.29, 1.82) is 0 Å². The summed E-state index contributed by atoms with van der Waals surface area (Å²) in [6, 6.07) is 5.35. The van der Waals surface area contributed by atoms with E-state index in [4.69, 9.17) is 25.8 Å². The number of carbonyl (C=O) groups excluding carboxylic acids is 1. The van der Waals surface area contributed by atoms with Gasteiger partial charge in [-0.05, 0) is 25.0 Å². The molecule has 24 heavy (non-hydrogen) atoms. The van der Waals surface area contributed by atoms with Crippen LogP contribution in [0, 0.1) is 5.92 Å². The van der Waals surface area contributed by atoms with Crippen molar-refractivity contribution in [3.8, 4) is 11.6 Å². The molecule has 0 unspecified atom stereocenters. The number of esters is 1. The third kappa shape index (κ3) is 4.26. The summed E-state index contributed by atoms with van der Waals surface area (Å²) in [5.41, 5.74) is 1.29. The van der Waals surface area contributed by atoms with E-state index >= 15 is 0 Å². The molecule has 0 aliphatic rings. The van der Waals surface area contributed by atoms with Gasteiger partial charge in [0.25, 0.3) is 5.88 Å². The van der Waals surface area contributed by atoms with E-state index in [1.54, 1.807) is 32.2 Å².